The summed E-state index contributed by atoms with van der Waals surface area (Å²) in [6.45, 7) is -11.9. The van der Waals surface area contributed by atoms with Gasteiger partial charge in [0.1, 0.15) is 0 Å². The van der Waals surface area contributed by atoms with Crippen molar-refractivity contribution in [3.63, 3.8) is 0 Å². The summed E-state index contributed by atoms with van der Waals surface area (Å²) in [5.41, 5.74) is 17.5. The van der Waals surface area contributed by atoms with Gasteiger partial charge in [-0.15, -0.1) is 161 Å². The van der Waals surface area contributed by atoms with Crippen LogP contribution in [-0.4, -0.2) is 44.9 Å². The monoisotopic (exact) mass is 2200 g/mol. The van der Waals surface area contributed by atoms with Gasteiger partial charge in [0.2, 0.25) is 17.1 Å². The van der Waals surface area contributed by atoms with E-state index in [1.165, 1.54) is 85.8 Å². The molecule has 0 N–H and O–H groups in total. The van der Waals surface area contributed by atoms with E-state index in [9.17, 15) is 0 Å². The van der Waals surface area contributed by atoms with E-state index in [1.54, 1.807) is 60.8 Å². The van der Waals surface area contributed by atoms with Gasteiger partial charge in [-0.1, -0.05) is 177 Å². The van der Waals surface area contributed by atoms with E-state index in [4.69, 9.17) is 50.3 Å². The molecule has 21 rings (SSSR count). The summed E-state index contributed by atoms with van der Waals surface area (Å²) in [6, 6.07) is 71.7. The molecule has 0 amide bonds. The van der Waals surface area contributed by atoms with Crippen molar-refractivity contribution in [3.05, 3.63) is 340 Å². The minimum absolute atomic E-state index is 0. The average Bonchev–Trinajstić information content (AvgIpc) is 1.59. The Hall–Kier alpha value is -11.0. The van der Waals surface area contributed by atoms with Crippen LogP contribution >= 0.6 is 0 Å². The van der Waals surface area contributed by atoms with E-state index in [0.29, 0.717) is 121 Å². The van der Waals surface area contributed by atoms with Gasteiger partial charge in [0.05, 0.1) is 16.7 Å². The molecular formula is C110H103Ir3N9O3-6. The van der Waals surface area contributed by atoms with Crippen LogP contribution in [0.2, 0.25) is 0 Å². The summed E-state index contributed by atoms with van der Waals surface area (Å²) in [5, 5.41) is 5.65. The normalized spacial score (nSPS) is 18.2. The van der Waals surface area contributed by atoms with Crippen molar-refractivity contribution in [2.75, 3.05) is 0 Å². The molecule has 15 heteroatoms. The molecule has 3 saturated carbocycles. The Bertz CT molecular complexity index is 7380. The molecule has 0 spiro atoms. The molecule has 0 saturated heterocycles. The second-order valence-corrected chi connectivity index (χ2v) is 30.4. The molecule has 0 atom stereocenters. The molecule has 0 aliphatic heterocycles. The van der Waals surface area contributed by atoms with Gasteiger partial charge < -0.3 is 43.2 Å². The van der Waals surface area contributed by atoms with Gasteiger partial charge >= 0.3 is 0 Å². The Kier molecular flexibility index (Phi) is 21.3. The molecule has 18 aromatic rings. The minimum atomic E-state index is -2.33. The van der Waals surface area contributed by atoms with E-state index in [1.807, 2.05) is 93.7 Å². The van der Waals surface area contributed by atoms with E-state index < -0.39 is 72.5 Å². The van der Waals surface area contributed by atoms with Crippen LogP contribution in [0.1, 0.15) is 229 Å². The molecule has 0 unspecified atom stereocenters. The Morgan fingerprint density at radius 1 is 0.304 bits per heavy atom. The van der Waals surface area contributed by atoms with Crippen molar-refractivity contribution in [2.24, 2.45) is 0 Å². The van der Waals surface area contributed by atoms with Crippen LogP contribution in [0.5, 0.6) is 0 Å². The maximum atomic E-state index is 9.09. The van der Waals surface area contributed by atoms with Crippen LogP contribution in [0.4, 0.5) is 0 Å². The number of fused-ring (bicyclic) bond motifs is 9. The van der Waals surface area contributed by atoms with Crippen molar-refractivity contribution in [1.82, 2.24) is 44.9 Å². The van der Waals surface area contributed by atoms with Gasteiger partial charge in [0.25, 0.3) is 0 Å². The second-order valence-electron chi connectivity index (χ2n) is 30.4. The van der Waals surface area contributed by atoms with Gasteiger partial charge in [0, 0.05) is 168 Å². The van der Waals surface area contributed by atoms with Crippen molar-refractivity contribution in [1.29, 1.82) is 0 Å². The van der Waals surface area contributed by atoms with Crippen LogP contribution in [0.25, 0.3) is 134 Å². The van der Waals surface area contributed by atoms with Crippen LogP contribution in [0.3, 0.4) is 0 Å². The number of rotatable bonds is 9. The molecule has 3 fully saturated rings. The Balaban J connectivity index is 0.000000153. The third-order valence-corrected chi connectivity index (χ3v) is 21.7. The number of hydrogen-bond acceptors (Lipinski definition) is 12. The van der Waals surface area contributed by atoms with Gasteiger partial charge in [0.15, 0.2) is 0 Å². The van der Waals surface area contributed by atoms with Gasteiger partial charge in [-0.05, 0) is 221 Å². The molecule has 0 bridgehead atoms. The Labute approximate surface area is 813 Å². The van der Waals surface area contributed by atoms with Crippen LogP contribution in [0, 0.1) is 112 Å². The average molecular weight is 2200 g/mol. The zero-order chi connectivity index (χ0) is 107. The number of nitrogens with zero attached hydrogens (tertiary/aromatic N) is 9. The first-order valence-corrected chi connectivity index (χ1v) is 40.8. The van der Waals surface area contributed by atoms with Crippen molar-refractivity contribution < 1.29 is 111 Å². The zero-order valence-corrected chi connectivity index (χ0v) is 75.9. The third kappa shape index (κ3) is 22.3. The van der Waals surface area contributed by atoms with Gasteiger partial charge in [-0.2, -0.15) is 0 Å². The van der Waals surface area contributed by atoms with E-state index in [-0.39, 0.29) is 105 Å². The third-order valence-electron chi connectivity index (χ3n) is 21.7. The number of aryl methyl sites for hydroxylation is 11. The molecule has 639 valence electrons. The smallest absolute Gasteiger partial charge is 0.216 e. The molecule has 3 aliphatic rings. The SMILES string of the molecule is [2H]C([2H])([2H])c1c[c-]c(-c2ccc(C([2H])([2H])[2H])cn2)cc1.[2H]C([2H])([2H])c1c[c-]c(-c2ccc(C([2H])([2H])[2H])cn2)cc1.[2H]C([2H])([2H])c1c[c-]c(-c2ccc(C([2H])([2H])[2H])cn2)cc1.[2H]C([2H])([2H])c1cc(-c2[c-]ccc3c2oc2nc(C)ccc23)ncc1C1([2H])CCCCC1.[2H]C([2H])([2H])c1cnc(-c2[c-]ccc3c2oc2nc(C)ccc23)cc1C1([2H])CCCCC1.[2H]C1(c2ccnc(-c3[c-]ccc4c3oc3nc(C)ccc34)c2)CCCCC1.[Ir].[Ir].[Ir]. The maximum Gasteiger partial charge on any atom is 0.216 e. The molecule has 3 radical (unpaired) electrons. The molecule has 3 aliphatic carbocycles. The summed E-state index contributed by atoms with van der Waals surface area (Å²) in [7, 11) is 0. The first kappa shape index (κ1) is 62.2. The van der Waals surface area contributed by atoms with Crippen LogP contribution in [0.15, 0.2) is 238 Å². The second kappa shape index (κ2) is 42.8. The molecule has 12 heterocycles. The summed E-state index contributed by atoms with van der Waals surface area (Å²) in [6.07, 6.45) is 22.6. The quantitative estimate of drug-likeness (QED) is 0.126. The van der Waals surface area contributed by atoms with Crippen LogP contribution < -0.4 is 0 Å². The maximum absolute atomic E-state index is 9.09. The molecular weight excluding hydrogens is 2070 g/mol. The summed E-state index contributed by atoms with van der Waals surface area (Å²) in [5.74, 6) is -2.32. The predicted octanol–water partition coefficient (Wildman–Crippen LogP) is 28.7. The standard InChI is InChI=1S/2C24H23N2O.C23H21N2O.3C13H12N.3Ir/c1-15-14-25-22(13-21(15)17-7-4-3-5-8-17)20-10-6-9-18-19-12-11-16(2)26-24(19)27-23(18)20;1-15-13-22(25-14-21(15)17-7-4-3-5-8-17)20-10-6-9-18-19-12-11-16(2)26-24(19)27-23(18)20;1-15-10-11-19-18-8-5-9-20(22(18)26-23(19)25-15)21-14-17(12-13-24-21)16-6-3-2-4-7-16;3*1-10-3-6-12(7-4-10)13-8-5-11(2)9-14-13;;;/h2*6,9,11-14,17H,3-5,7-8H2,1-2H3;5,8,10-14,16H,2-4,6-7H2,1H3;3*3-6,8-9H,1-2H3;;;/q6*-1;;;/i2*1D3,17D;16D;3*1D3,2D3;;;. The summed E-state index contributed by atoms with van der Waals surface area (Å²) in [4.78, 5) is 39.4. The molecule has 12 aromatic heterocycles. The van der Waals surface area contributed by atoms with Crippen molar-refractivity contribution in [3.8, 4) is 67.5 Å². The fourth-order valence-corrected chi connectivity index (χ4v) is 15.4. The summed E-state index contributed by atoms with van der Waals surface area (Å²) < 4.78 is 225. The zero-order valence-electron chi connectivity index (χ0n) is 95.7. The van der Waals surface area contributed by atoms with Crippen molar-refractivity contribution in [2.45, 2.75) is 190 Å². The number of furan rings is 3. The van der Waals surface area contributed by atoms with Crippen LogP contribution in [-0.2, 0) is 60.3 Å². The first-order valence-electron chi connectivity index (χ1n) is 54.3. The summed E-state index contributed by atoms with van der Waals surface area (Å²) >= 11 is 0. The molecule has 12 nitrogen and oxygen atoms in total. The fraction of sp³-hybridized carbons (Fsp3) is 0.264. The fourth-order valence-electron chi connectivity index (χ4n) is 15.4. The number of aromatic nitrogens is 9. The van der Waals surface area contributed by atoms with E-state index >= 15 is 0 Å². The number of hydrogen-bond donors (Lipinski definition) is 0. The first-order chi connectivity index (χ1) is 70.2. The van der Waals surface area contributed by atoms with Crippen molar-refractivity contribution >= 4 is 66.2 Å². The van der Waals surface area contributed by atoms with Gasteiger partial charge in [-0.25, -0.2) is 15.0 Å². The van der Waals surface area contributed by atoms with E-state index in [2.05, 4.69) is 93.4 Å². The Morgan fingerprint density at radius 2 is 0.664 bits per heavy atom. The predicted molar refractivity (Wildman–Crippen MR) is 496 cm³/mol. The number of benzene rings is 6. The molecule has 125 heavy (non-hydrogen) atoms. The topological polar surface area (TPSA) is 155 Å². The molecule has 6 aromatic carbocycles. The number of pyridine rings is 9. The van der Waals surface area contributed by atoms with Gasteiger partial charge in [-0.3, -0.25) is 0 Å². The van der Waals surface area contributed by atoms with E-state index in [0.717, 1.165) is 136 Å². The minimum Gasteiger partial charge on any atom is -0.486 e. The largest absolute Gasteiger partial charge is 0.486 e. The Morgan fingerprint density at radius 3 is 1.03 bits per heavy atom.